The molecule has 2 saturated heterocycles. The molecule has 1 amide bonds. The van der Waals surface area contributed by atoms with Crippen LogP contribution in [0.4, 0.5) is 39.3 Å². The number of pyridine rings is 1. The molecule has 2 aliphatic heterocycles. The average molecular weight is 608 g/mol. The lowest BCUT2D eigenvalue weighted by atomic mass is 10.0. The zero-order valence-corrected chi connectivity index (χ0v) is 23.4. The number of alkyl halides is 4. The second-order valence-electron chi connectivity index (χ2n) is 10.4. The van der Waals surface area contributed by atoms with E-state index < -0.39 is 46.8 Å². The maximum Gasteiger partial charge on any atom is 0.417 e. The Hall–Kier alpha value is -4.11. The van der Waals surface area contributed by atoms with Crippen molar-refractivity contribution in [3.8, 4) is 11.1 Å². The van der Waals surface area contributed by atoms with Crippen LogP contribution in [0.1, 0.15) is 22.8 Å². The van der Waals surface area contributed by atoms with Crippen LogP contribution in [-0.4, -0.2) is 91.0 Å². The predicted octanol–water partition coefficient (Wildman–Crippen LogP) is 3.56. The number of amides is 1. The van der Waals surface area contributed by atoms with E-state index in [4.69, 9.17) is 4.74 Å². The minimum absolute atomic E-state index is 0.0247. The molecule has 5 rings (SSSR count). The molecule has 2 atom stereocenters. The van der Waals surface area contributed by atoms with Crippen molar-refractivity contribution in [3.05, 3.63) is 64.1 Å². The number of ether oxygens (including phenoxy) is 1. The van der Waals surface area contributed by atoms with Crippen LogP contribution in [-0.2, 0) is 10.9 Å². The zero-order valence-electron chi connectivity index (χ0n) is 23.4. The van der Waals surface area contributed by atoms with Crippen molar-refractivity contribution >= 4 is 23.2 Å². The SMILES string of the molecule is CCN(C)[C@@H]1CN(c2cc(F)c(-c3cnc(N4CCOCC4)nc3)cc2NC(=O)c2c[nH]c(=O)cc2C(F)(F)F)C[C@H]1F. The van der Waals surface area contributed by atoms with Gasteiger partial charge < -0.3 is 24.8 Å². The summed E-state index contributed by atoms with van der Waals surface area (Å²) in [5.41, 5.74) is -3.03. The van der Waals surface area contributed by atoms with E-state index in [1.54, 1.807) is 16.8 Å². The number of morpholine rings is 1. The molecule has 0 radical (unpaired) electrons. The summed E-state index contributed by atoms with van der Waals surface area (Å²) in [6.45, 7) is 4.65. The Morgan fingerprint density at radius 2 is 1.84 bits per heavy atom. The van der Waals surface area contributed by atoms with Gasteiger partial charge in [-0.25, -0.2) is 18.7 Å². The zero-order chi connectivity index (χ0) is 30.9. The summed E-state index contributed by atoms with van der Waals surface area (Å²) in [5, 5.41) is 2.44. The highest BCUT2D eigenvalue weighted by Gasteiger charge is 2.38. The first-order valence-electron chi connectivity index (χ1n) is 13.7. The van der Waals surface area contributed by atoms with Gasteiger partial charge in [-0.2, -0.15) is 13.2 Å². The van der Waals surface area contributed by atoms with Gasteiger partial charge in [0.2, 0.25) is 11.5 Å². The lowest BCUT2D eigenvalue weighted by Gasteiger charge is -2.27. The van der Waals surface area contributed by atoms with Crippen molar-refractivity contribution in [2.24, 2.45) is 0 Å². The van der Waals surface area contributed by atoms with Gasteiger partial charge in [0.25, 0.3) is 5.91 Å². The fourth-order valence-electron chi connectivity index (χ4n) is 5.21. The number of benzene rings is 1. The first-order chi connectivity index (χ1) is 20.5. The molecule has 0 bridgehead atoms. The molecule has 0 spiro atoms. The molecule has 230 valence electrons. The number of hydrogen-bond acceptors (Lipinski definition) is 8. The number of aromatic nitrogens is 3. The van der Waals surface area contributed by atoms with E-state index in [0.29, 0.717) is 51.1 Å². The van der Waals surface area contributed by atoms with Crippen LogP contribution < -0.4 is 20.7 Å². The fourth-order valence-corrected chi connectivity index (χ4v) is 5.21. The molecule has 15 heteroatoms. The minimum Gasteiger partial charge on any atom is -0.378 e. The normalized spacial score (nSPS) is 19.3. The Bertz CT molecular complexity index is 1530. The molecule has 2 aromatic heterocycles. The molecule has 4 heterocycles. The fraction of sp³-hybridized carbons (Fsp3) is 0.429. The first-order valence-corrected chi connectivity index (χ1v) is 13.7. The Morgan fingerprint density at radius 3 is 2.49 bits per heavy atom. The van der Waals surface area contributed by atoms with Gasteiger partial charge >= 0.3 is 6.18 Å². The van der Waals surface area contributed by atoms with Crippen molar-refractivity contribution in [2.75, 3.05) is 68.1 Å². The van der Waals surface area contributed by atoms with Gasteiger partial charge in [0.05, 0.1) is 48.3 Å². The number of likely N-dealkylation sites (N-methyl/N-ethyl adjacent to an activating group) is 1. The van der Waals surface area contributed by atoms with E-state index >= 15 is 8.78 Å². The number of H-pyrrole nitrogens is 1. The highest BCUT2D eigenvalue weighted by molar-refractivity contribution is 6.07. The van der Waals surface area contributed by atoms with Crippen LogP contribution in [0.15, 0.2) is 41.6 Å². The molecule has 3 aromatic rings. The number of halogens is 5. The third-order valence-electron chi connectivity index (χ3n) is 7.68. The number of carbonyl (C=O) groups excluding carboxylic acids is 1. The van der Waals surface area contributed by atoms with Gasteiger partial charge in [0, 0.05) is 55.4 Å². The molecule has 2 aliphatic rings. The van der Waals surface area contributed by atoms with Crippen LogP contribution in [0.2, 0.25) is 0 Å². The van der Waals surface area contributed by atoms with Crippen molar-refractivity contribution in [1.82, 2.24) is 19.9 Å². The molecule has 0 saturated carbocycles. The topological polar surface area (TPSA) is 107 Å². The molecule has 0 unspecified atom stereocenters. The number of aromatic amines is 1. The molecule has 10 nitrogen and oxygen atoms in total. The number of carbonyl (C=O) groups is 1. The second kappa shape index (κ2) is 12.2. The lowest BCUT2D eigenvalue weighted by molar-refractivity contribution is -0.138. The molecule has 43 heavy (non-hydrogen) atoms. The van der Waals surface area contributed by atoms with E-state index in [1.165, 1.54) is 18.5 Å². The number of nitrogens with one attached hydrogen (secondary N) is 2. The maximum atomic E-state index is 15.7. The maximum absolute atomic E-state index is 15.7. The molecule has 0 aliphatic carbocycles. The summed E-state index contributed by atoms with van der Waals surface area (Å²) in [7, 11) is 1.75. The average Bonchev–Trinajstić information content (AvgIpc) is 3.38. The number of hydrogen-bond donors (Lipinski definition) is 2. The minimum atomic E-state index is -4.99. The van der Waals surface area contributed by atoms with Gasteiger partial charge in [-0.1, -0.05) is 6.92 Å². The predicted molar refractivity (Wildman–Crippen MR) is 150 cm³/mol. The molecular weight excluding hydrogens is 577 g/mol. The Balaban J connectivity index is 1.54. The molecule has 1 aromatic carbocycles. The molecule has 2 N–H and O–H groups in total. The lowest BCUT2D eigenvalue weighted by Crippen LogP contribution is -2.38. The Morgan fingerprint density at radius 1 is 1.14 bits per heavy atom. The van der Waals surface area contributed by atoms with E-state index in [-0.39, 0.29) is 35.6 Å². The quantitative estimate of drug-likeness (QED) is 0.393. The van der Waals surface area contributed by atoms with Crippen molar-refractivity contribution in [1.29, 1.82) is 0 Å². The molecular formula is C28H30F5N7O3. The van der Waals surface area contributed by atoms with Gasteiger partial charge in [0.15, 0.2) is 0 Å². The summed E-state index contributed by atoms with van der Waals surface area (Å²) in [4.78, 5) is 40.8. The van der Waals surface area contributed by atoms with Crippen molar-refractivity contribution in [3.63, 3.8) is 0 Å². The first kappa shape index (κ1) is 30.4. The highest BCUT2D eigenvalue weighted by Crippen LogP contribution is 2.38. The van der Waals surface area contributed by atoms with Crippen LogP contribution in [0, 0.1) is 5.82 Å². The van der Waals surface area contributed by atoms with E-state index in [0.717, 1.165) is 6.07 Å². The van der Waals surface area contributed by atoms with E-state index in [2.05, 4.69) is 20.3 Å². The highest BCUT2D eigenvalue weighted by atomic mass is 19.4. The summed E-state index contributed by atoms with van der Waals surface area (Å²) in [6, 6.07) is 2.14. The van der Waals surface area contributed by atoms with E-state index in [1.807, 2.05) is 11.8 Å². The number of rotatable bonds is 7. The van der Waals surface area contributed by atoms with E-state index in [9.17, 15) is 22.8 Å². The van der Waals surface area contributed by atoms with Crippen molar-refractivity contribution < 1.29 is 31.5 Å². The standard InChI is InChI=1S/C28H30F5N7O3/c1-3-38(2)24-15-40(14-21(24)30)23-10-20(29)17(16-11-35-27(36-12-16)39-4-6-43-7-5-39)8-22(23)37-26(42)18-13-34-25(41)9-19(18)28(31,32)33/h8-13,21,24H,3-7,14-15H2,1-2H3,(H,34,41)(H,37,42)/t21-,24-/m1/s1. The summed E-state index contributed by atoms with van der Waals surface area (Å²) >= 11 is 0. The third-order valence-corrected chi connectivity index (χ3v) is 7.68. The number of anilines is 3. The Labute approximate surface area is 243 Å². The Kier molecular flexibility index (Phi) is 8.64. The summed E-state index contributed by atoms with van der Waals surface area (Å²) in [6.07, 6.45) is -2.81. The summed E-state index contributed by atoms with van der Waals surface area (Å²) in [5.74, 6) is -1.49. The van der Waals surface area contributed by atoms with Crippen LogP contribution >= 0.6 is 0 Å². The van der Waals surface area contributed by atoms with Crippen LogP contribution in [0.3, 0.4) is 0 Å². The van der Waals surface area contributed by atoms with Gasteiger partial charge in [0.1, 0.15) is 12.0 Å². The van der Waals surface area contributed by atoms with Crippen LogP contribution in [0.5, 0.6) is 0 Å². The largest absolute Gasteiger partial charge is 0.417 e. The van der Waals surface area contributed by atoms with Crippen LogP contribution in [0.25, 0.3) is 11.1 Å². The monoisotopic (exact) mass is 607 g/mol. The van der Waals surface area contributed by atoms with Gasteiger partial charge in [-0.3, -0.25) is 14.5 Å². The van der Waals surface area contributed by atoms with Gasteiger partial charge in [-0.15, -0.1) is 0 Å². The third kappa shape index (κ3) is 6.46. The molecule has 2 fully saturated rings. The summed E-state index contributed by atoms with van der Waals surface area (Å²) < 4.78 is 77.1. The van der Waals surface area contributed by atoms with Gasteiger partial charge in [-0.05, 0) is 25.7 Å². The smallest absolute Gasteiger partial charge is 0.378 e. The second-order valence-corrected chi connectivity index (χ2v) is 10.4. The number of nitrogens with zero attached hydrogens (tertiary/aromatic N) is 5. The van der Waals surface area contributed by atoms with Crippen molar-refractivity contribution in [2.45, 2.75) is 25.3 Å².